The number of nitrogens with one attached hydrogen (secondary N) is 3. The summed E-state index contributed by atoms with van der Waals surface area (Å²) < 4.78 is 16.8. The Kier molecular flexibility index (Phi) is 6.26. The number of carbonyl (C=O) groups is 2. The zero-order chi connectivity index (χ0) is 24.2. The summed E-state index contributed by atoms with van der Waals surface area (Å²) in [5, 5.41) is 13.3. The molecule has 0 spiro atoms. The van der Waals surface area contributed by atoms with E-state index in [2.05, 4.69) is 20.6 Å². The van der Waals surface area contributed by atoms with Crippen LogP contribution in [-0.4, -0.2) is 42.7 Å². The van der Waals surface area contributed by atoms with Crippen LogP contribution in [0.5, 0.6) is 11.5 Å². The van der Waals surface area contributed by atoms with Crippen molar-refractivity contribution in [2.75, 3.05) is 13.2 Å². The summed E-state index contributed by atoms with van der Waals surface area (Å²) in [5.41, 5.74) is 7.49. The zero-order valence-electron chi connectivity index (χ0n) is 18.5. The quantitative estimate of drug-likeness (QED) is 0.288. The van der Waals surface area contributed by atoms with Crippen LogP contribution in [0.2, 0.25) is 0 Å². The van der Waals surface area contributed by atoms with Gasteiger partial charge in [0, 0.05) is 5.56 Å². The standard InChI is InChI=1S/C23H22N6O5/c1-3-32-22(31)13-6-8-15(9-7-13)33-23-28-20-18(27-17(30)11-26-20)21(29-23)34-16-10-14(19(24)25)5-4-12(16)2/h4-10H,3,11H2,1-2H3,(H3,24,25)(H,27,30)(H,26,28,29). The van der Waals surface area contributed by atoms with Gasteiger partial charge in [-0.25, -0.2) is 4.79 Å². The highest BCUT2D eigenvalue weighted by atomic mass is 16.5. The first-order valence-electron chi connectivity index (χ1n) is 10.4. The van der Waals surface area contributed by atoms with Gasteiger partial charge >= 0.3 is 12.0 Å². The average molecular weight is 462 g/mol. The Labute approximate surface area is 194 Å². The SMILES string of the molecule is CCOC(=O)c1ccc(OC2=NC(Oc3cc(C(=N)N)ccc3C)=C3NC(=O)CN=C3N2)cc1. The van der Waals surface area contributed by atoms with Gasteiger partial charge in [0.1, 0.15) is 29.6 Å². The number of nitrogen functional groups attached to an aromatic ring is 1. The topological polar surface area (TPSA) is 160 Å². The Morgan fingerprint density at radius 3 is 2.56 bits per heavy atom. The summed E-state index contributed by atoms with van der Waals surface area (Å²) in [6, 6.07) is 11.5. The van der Waals surface area contributed by atoms with Gasteiger partial charge in [-0.1, -0.05) is 12.1 Å². The second kappa shape index (κ2) is 9.45. The fraction of sp³-hybridized carbons (Fsp3) is 0.174. The third kappa shape index (κ3) is 4.88. The molecular weight excluding hydrogens is 440 g/mol. The van der Waals surface area contributed by atoms with Gasteiger partial charge < -0.3 is 25.3 Å². The number of amides is 1. The molecule has 0 aromatic heterocycles. The van der Waals surface area contributed by atoms with Crippen molar-refractivity contribution < 1.29 is 23.8 Å². The zero-order valence-corrected chi connectivity index (χ0v) is 18.5. The second-order valence-electron chi connectivity index (χ2n) is 7.28. The predicted molar refractivity (Wildman–Crippen MR) is 124 cm³/mol. The maximum atomic E-state index is 11.9. The second-order valence-corrected chi connectivity index (χ2v) is 7.28. The van der Waals surface area contributed by atoms with Crippen LogP contribution in [0.1, 0.15) is 28.4 Å². The van der Waals surface area contributed by atoms with E-state index in [9.17, 15) is 9.59 Å². The van der Waals surface area contributed by atoms with Gasteiger partial charge in [-0.3, -0.25) is 20.5 Å². The molecule has 0 aliphatic carbocycles. The van der Waals surface area contributed by atoms with Crippen molar-refractivity contribution >= 4 is 29.6 Å². The van der Waals surface area contributed by atoms with Crippen LogP contribution in [0.25, 0.3) is 0 Å². The maximum absolute atomic E-state index is 11.9. The summed E-state index contributed by atoms with van der Waals surface area (Å²) in [6.45, 7) is 3.77. The summed E-state index contributed by atoms with van der Waals surface area (Å²) in [5.74, 6) is 0.316. The highest BCUT2D eigenvalue weighted by Crippen LogP contribution is 2.25. The number of carbonyl (C=O) groups excluding carboxylic acids is 2. The van der Waals surface area contributed by atoms with Gasteiger partial charge in [-0.05, 0) is 49.7 Å². The molecule has 0 atom stereocenters. The molecule has 2 aliphatic heterocycles. The minimum absolute atomic E-state index is 0.0486. The van der Waals surface area contributed by atoms with E-state index in [-0.39, 0.29) is 42.5 Å². The van der Waals surface area contributed by atoms with Gasteiger partial charge in [-0.15, -0.1) is 0 Å². The number of esters is 1. The molecule has 34 heavy (non-hydrogen) atoms. The number of hydrogen-bond acceptors (Lipinski definition) is 9. The van der Waals surface area contributed by atoms with Crippen molar-refractivity contribution in [3.8, 4) is 11.5 Å². The lowest BCUT2D eigenvalue weighted by atomic mass is 10.1. The number of nitrogens with zero attached hydrogens (tertiary/aromatic N) is 2. The fourth-order valence-corrected chi connectivity index (χ4v) is 3.09. The number of amidine groups is 3. The molecule has 2 aromatic carbocycles. The van der Waals surface area contributed by atoms with E-state index in [4.69, 9.17) is 25.4 Å². The number of aliphatic imine (C=N–C) groups is 2. The number of nitrogens with two attached hydrogens (primary N) is 1. The number of benzene rings is 2. The molecule has 0 unspecified atom stereocenters. The molecule has 11 nitrogen and oxygen atoms in total. The summed E-state index contributed by atoms with van der Waals surface area (Å²) >= 11 is 0. The number of rotatable bonds is 6. The van der Waals surface area contributed by atoms with Crippen molar-refractivity contribution in [2.24, 2.45) is 15.7 Å². The van der Waals surface area contributed by atoms with Crippen molar-refractivity contribution in [2.45, 2.75) is 13.8 Å². The molecule has 5 N–H and O–H groups in total. The smallest absolute Gasteiger partial charge is 0.338 e. The maximum Gasteiger partial charge on any atom is 0.338 e. The number of aryl methyl sites for hydroxylation is 1. The monoisotopic (exact) mass is 462 g/mol. The van der Waals surface area contributed by atoms with Crippen LogP contribution >= 0.6 is 0 Å². The summed E-state index contributed by atoms with van der Waals surface area (Å²) in [4.78, 5) is 32.4. The fourth-order valence-electron chi connectivity index (χ4n) is 3.09. The first-order valence-corrected chi connectivity index (χ1v) is 10.4. The number of ether oxygens (including phenoxy) is 3. The minimum atomic E-state index is -0.430. The first-order chi connectivity index (χ1) is 16.3. The molecular formula is C23H22N6O5. The Morgan fingerprint density at radius 2 is 1.85 bits per heavy atom. The van der Waals surface area contributed by atoms with Crippen LogP contribution in [0.15, 0.2) is 64.0 Å². The highest BCUT2D eigenvalue weighted by Gasteiger charge is 2.29. The van der Waals surface area contributed by atoms with Crippen LogP contribution in [0, 0.1) is 12.3 Å². The van der Waals surface area contributed by atoms with Crippen LogP contribution < -0.4 is 25.8 Å². The molecule has 11 heteroatoms. The number of fused-ring (bicyclic) bond motifs is 1. The van der Waals surface area contributed by atoms with Crippen LogP contribution in [0.4, 0.5) is 0 Å². The van der Waals surface area contributed by atoms with E-state index >= 15 is 0 Å². The lowest BCUT2D eigenvalue weighted by molar-refractivity contribution is -0.119. The van der Waals surface area contributed by atoms with Gasteiger partial charge in [0.25, 0.3) is 5.88 Å². The van der Waals surface area contributed by atoms with Crippen molar-refractivity contribution in [3.63, 3.8) is 0 Å². The molecule has 0 saturated carbocycles. The van der Waals surface area contributed by atoms with E-state index in [0.717, 1.165) is 5.56 Å². The summed E-state index contributed by atoms with van der Waals surface area (Å²) in [7, 11) is 0. The van der Waals surface area contributed by atoms with E-state index in [1.807, 2.05) is 6.92 Å². The van der Waals surface area contributed by atoms with Crippen LogP contribution in [-0.2, 0) is 9.53 Å². The Bertz CT molecular complexity index is 1260. The van der Waals surface area contributed by atoms with Gasteiger partial charge in [0.2, 0.25) is 5.91 Å². The molecule has 0 bridgehead atoms. The molecule has 2 heterocycles. The lowest BCUT2D eigenvalue weighted by Gasteiger charge is -2.25. The molecule has 0 radical (unpaired) electrons. The highest BCUT2D eigenvalue weighted by molar-refractivity contribution is 6.13. The average Bonchev–Trinajstić information content (AvgIpc) is 2.81. The van der Waals surface area contributed by atoms with Gasteiger partial charge in [-0.2, -0.15) is 4.99 Å². The van der Waals surface area contributed by atoms with Crippen LogP contribution in [0.3, 0.4) is 0 Å². The van der Waals surface area contributed by atoms with Crippen molar-refractivity contribution in [1.29, 1.82) is 5.41 Å². The number of hydrogen-bond donors (Lipinski definition) is 4. The molecule has 174 valence electrons. The van der Waals surface area contributed by atoms with E-state index in [1.165, 1.54) is 0 Å². The van der Waals surface area contributed by atoms with E-state index in [0.29, 0.717) is 28.5 Å². The minimum Gasteiger partial charge on any atom is -0.462 e. The van der Waals surface area contributed by atoms with Crippen molar-refractivity contribution in [1.82, 2.24) is 10.6 Å². The largest absolute Gasteiger partial charge is 0.462 e. The van der Waals surface area contributed by atoms with Crippen molar-refractivity contribution in [3.05, 3.63) is 70.7 Å². The Hall–Kier alpha value is -4.67. The molecule has 2 aliphatic rings. The predicted octanol–water partition coefficient (Wildman–Crippen LogP) is 1.57. The molecule has 2 aromatic rings. The summed E-state index contributed by atoms with van der Waals surface area (Å²) in [6.07, 6.45) is 0. The molecule has 0 fully saturated rings. The first kappa shape index (κ1) is 22.5. The van der Waals surface area contributed by atoms with E-state index in [1.54, 1.807) is 49.4 Å². The third-order valence-corrected chi connectivity index (χ3v) is 4.81. The van der Waals surface area contributed by atoms with E-state index < -0.39 is 5.97 Å². The van der Waals surface area contributed by atoms with Gasteiger partial charge in [0.05, 0.1) is 12.2 Å². The third-order valence-electron chi connectivity index (χ3n) is 4.81. The lowest BCUT2D eigenvalue weighted by Crippen LogP contribution is -2.48. The normalized spacial score (nSPS) is 14.7. The molecule has 0 saturated heterocycles. The Balaban J connectivity index is 1.63. The molecule has 4 rings (SSSR count). The Morgan fingerprint density at radius 1 is 1.12 bits per heavy atom. The molecule has 1 amide bonds. The van der Waals surface area contributed by atoms with Gasteiger partial charge in [0.15, 0.2) is 5.84 Å².